The summed E-state index contributed by atoms with van der Waals surface area (Å²) in [5.41, 5.74) is 4.54. The second kappa shape index (κ2) is 11.6. The highest BCUT2D eigenvalue weighted by molar-refractivity contribution is 7.80. The molecule has 7 nitrogen and oxygen atoms in total. The Morgan fingerprint density at radius 1 is 0.973 bits per heavy atom. The minimum atomic E-state index is -0.946. The van der Waals surface area contributed by atoms with Gasteiger partial charge in [-0.25, -0.2) is 4.79 Å². The Bertz CT molecular complexity index is 1130. The molecule has 2 N–H and O–H groups in total. The first kappa shape index (κ1) is 28.6. The van der Waals surface area contributed by atoms with Crippen LogP contribution in [0, 0.1) is 27.7 Å². The van der Waals surface area contributed by atoms with E-state index in [2.05, 4.69) is 23.3 Å². The molecule has 1 fully saturated rings. The van der Waals surface area contributed by atoms with Crippen LogP contribution in [0.25, 0.3) is 0 Å². The second-order valence-electron chi connectivity index (χ2n) is 10.8. The molecule has 0 heterocycles. The number of aryl methyl sites for hydroxylation is 4. The first-order valence-electron chi connectivity index (χ1n) is 12.7. The highest BCUT2D eigenvalue weighted by Crippen LogP contribution is 2.38. The van der Waals surface area contributed by atoms with Crippen molar-refractivity contribution >= 4 is 36.2 Å². The van der Waals surface area contributed by atoms with Crippen LogP contribution in [0.15, 0.2) is 36.4 Å². The minimum Gasteiger partial charge on any atom is -0.444 e. The monoisotopic (exact) mass is 525 g/mol. The molecule has 0 aliphatic heterocycles. The normalized spacial score (nSPS) is 14.9. The molecule has 0 radical (unpaired) electrons. The largest absolute Gasteiger partial charge is 0.444 e. The van der Waals surface area contributed by atoms with Gasteiger partial charge in [0.1, 0.15) is 17.7 Å². The van der Waals surface area contributed by atoms with Crippen LogP contribution in [0.4, 0.5) is 10.5 Å². The molecule has 3 rings (SSSR count). The zero-order valence-electron chi connectivity index (χ0n) is 22.8. The van der Waals surface area contributed by atoms with E-state index < -0.39 is 23.8 Å². The highest BCUT2D eigenvalue weighted by atomic mass is 32.1. The number of carbonyl (C=O) groups is 3. The van der Waals surface area contributed by atoms with Gasteiger partial charge in [-0.1, -0.05) is 36.4 Å². The van der Waals surface area contributed by atoms with Gasteiger partial charge in [0.2, 0.25) is 5.91 Å². The highest BCUT2D eigenvalue weighted by Gasteiger charge is 2.44. The lowest BCUT2D eigenvalue weighted by atomic mass is 9.93. The Labute approximate surface area is 225 Å². The van der Waals surface area contributed by atoms with Gasteiger partial charge >= 0.3 is 6.09 Å². The van der Waals surface area contributed by atoms with Crippen LogP contribution in [0.3, 0.4) is 0 Å². The van der Waals surface area contributed by atoms with Crippen molar-refractivity contribution in [3.8, 4) is 0 Å². The molecule has 0 spiro atoms. The summed E-state index contributed by atoms with van der Waals surface area (Å²) >= 11 is 4.36. The van der Waals surface area contributed by atoms with Gasteiger partial charge in [-0.15, -0.1) is 0 Å². The van der Waals surface area contributed by atoms with Crippen LogP contribution < -0.4 is 10.6 Å². The lowest BCUT2D eigenvalue weighted by molar-refractivity contribution is -0.141. The summed E-state index contributed by atoms with van der Waals surface area (Å²) in [5, 5.41) is 5.78. The molecule has 0 saturated heterocycles. The van der Waals surface area contributed by atoms with Crippen LogP contribution >= 0.6 is 12.6 Å². The Morgan fingerprint density at radius 2 is 1.49 bits per heavy atom. The third kappa shape index (κ3) is 7.06. The van der Waals surface area contributed by atoms with E-state index in [-0.39, 0.29) is 23.6 Å². The van der Waals surface area contributed by atoms with Crippen molar-refractivity contribution in [2.75, 3.05) is 11.1 Å². The summed E-state index contributed by atoms with van der Waals surface area (Å²) < 4.78 is 5.38. The summed E-state index contributed by atoms with van der Waals surface area (Å²) in [6.45, 7) is 13.1. The SMILES string of the molecule is Cc1cccc(C)c1NC(=O)C(c1c(C)cccc1C)N(C(=O)C(CS)NC(=O)OC(C)(C)C)C1CC1. The number of hydrogen-bond acceptors (Lipinski definition) is 5. The quantitative estimate of drug-likeness (QED) is 0.402. The van der Waals surface area contributed by atoms with Crippen LogP contribution in [-0.4, -0.2) is 46.2 Å². The van der Waals surface area contributed by atoms with Gasteiger partial charge in [-0.2, -0.15) is 12.6 Å². The lowest BCUT2D eigenvalue weighted by Crippen LogP contribution is -2.54. The Kier molecular flexibility index (Phi) is 8.95. The lowest BCUT2D eigenvalue weighted by Gasteiger charge is -2.36. The van der Waals surface area contributed by atoms with Gasteiger partial charge in [-0.05, 0) is 89.1 Å². The summed E-state index contributed by atoms with van der Waals surface area (Å²) in [6, 6.07) is 9.76. The van der Waals surface area contributed by atoms with Gasteiger partial charge in [0.05, 0.1) is 0 Å². The standard InChI is InChI=1S/C29H39N3O4S/c1-17-10-8-11-18(2)23(17)25(26(33)31-24-19(3)12-9-13-20(24)4)32(21-14-15-21)27(34)22(16-37)30-28(35)36-29(5,6)7/h8-13,21-22,25,37H,14-16H2,1-7H3,(H,30,35)(H,31,33). The summed E-state index contributed by atoms with van der Waals surface area (Å²) in [7, 11) is 0. The molecule has 0 aromatic heterocycles. The maximum absolute atomic E-state index is 14.1. The summed E-state index contributed by atoms with van der Waals surface area (Å²) in [4.78, 5) is 42.3. The molecular formula is C29H39N3O4S. The third-order valence-electron chi connectivity index (χ3n) is 6.44. The summed E-state index contributed by atoms with van der Waals surface area (Å²) in [5.74, 6) is -0.572. The van der Waals surface area contributed by atoms with E-state index in [0.29, 0.717) is 0 Å². The van der Waals surface area contributed by atoms with Crippen LogP contribution in [0.5, 0.6) is 0 Å². The predicted molar refractivity (Wildman–Crippen MR) is 150 cm³/mol. The second-order valence-corrected chi connectivity index (χ2v) is 11.2. The van der Waals surface area contributed by atoms with Crippen LogP contribution in [-0.2, 0) is 14.3 Å². The number of anilines is 1. The fraction of sp³-hybridized carbons (Fsp3) is 0.483. The number of para-hydroxylation sites is 1. The van der Waals surface area contributed by atoms with Gasteiger partial charge in [0.15, 0.2) is 0 Å². The Hall–Kier alpha value is -3.00. The third-order valence-corrected chi connectivity index (χ3v) is 6.80. The van der Waals surface area contributed by atoms with E-state index in [1.807, 2.05) is 64.1 Å². The van der Waals surface area contributed by atoms with Gasteiger partial charge < -0.3 is 20.3 Å². The van der Waals surface area contributed by atoms with Crippen molar-refractivity contribution < 1.29 is 19.1 Å². The number of alkyl carbamates (subject to hydrolysis) is 1. The average Bonchev–Trinajstić information content (AvgIpc) is 3.62. The number of hydrogen-bond donors (Lipinski definition) is 3. The van der Waals surface area contributed by atoms with E-state index in [1.54, 1.807) is 25.7 Å². The maximum Gasteiger partial charge on any atom is 0.408 e. The average molecular weight is 526 g/mol. The van der Waals surface area contributed by atoms with Crippen molar-refractivity contribution in [2.24, 2.45) is 0 Å². The van der Waals surface area contributed by atoms with Crippen molar-refractivity contribution in [1.82, 2.24) is 10.2 Å². The molecule has 2 aromatic carbocycles. The fourth-order valence-corrected chi connectivity index (χ4v) is 4.79. The van der Waals surface area contributed by atoms with E-state index in [9.17, 15) is 14.4 Å². The molecule has 2 atom stereocenters. The topological polar surface area (TPSA) is 87.7 Å². The number of nitrogens with zero attached hydrogens (tertiary/aromatic N) is 1. The Balaban J connectivity index is 2.04. The van der Waals surface area contributed by atoms with E-state index in [0.717, 1.165) is 46.3 Å². The van der Waals surface area contributed by atoms with Crippen LogP contribution in [0.2, 0.25) is 0 Å². The van der Waals surface area contributed by atoms with Crippen molar-refractivity contribution in [3.63, 3.8) is 0 Å². The van der Waals surface area contributed by atoms with E-state index in [4.69, 9.17) is 4.74 Å². The number of nitrogens with one attached hydrogen (secondary N) is 2. The molecule has 3 amide bonds. The fourth-order valence-electron chi connectivity index (χ4n) is 4.54. The van der Waals surface area contributed by atoms with Crippen molar-refractivity contribution in [1.29, 1.82) is 0 Å². The molecule has 1 saturated carbocycles. The molecule has 8 heteroatoms. The predicted octanol–water partition coefficient (Wildman–Crippen LogP) is 5.41. The zero-order valence-corrected chi connectivity index (χ0v) is 23.7. The van der Waals surface area contributed by atoms with Gasteiger partial charge in [0, 0.05) is 17.5 Å². The number of ether oxygens (including phenoxy) is 1. The van der Waals surface area contributed by atoms with E-state index in [1.165, 1.54) is 0 Å². The minimum absolute atomic E-state index is 0.0687. The van der Waals surface area contributed by atoms with E-state index >= 15 is 0 Å². The number of rotatable bonds is 8. The van der Waals surface area contributed by atoms with Crippen molar-refractivity contribution in [3.05, 3.63) is 64.2 Å². The molecule has 2 aromatic rings. The molecule has 0 bridgehead atoms. The first-order chi connectivity index (χ1) is 17.3. The number of amides is 3. The maximum atomic E-state index is 14.1. The molecular weight excluding hydrogens is 486 g/mol. The zero-order chi connectivity index (χ0) is 27.5. The summed E-state index contributed by atoms with van der Waals surface area (Å²) in [6.07, 6.45) is 0.879. The number of thiol groups is 1. The number of benzene rings is 2. The van der Waals surface area contributed by atoms with Crippen molar-refractivity contribution in [2.45, 2.75) is 85.0 Å². The Morgan fingerprint density at radius 3 is 1.95 bits per heavy atom. The van der Waals surface area contributed by atoms with Gasteiger partial charge in [-0.3, -0.25) is 9.59 Å². The molecule has 2 unspecified atom stereocenters. The molecule has 200 valence electrons. The van der Waals surface area contributed by atoms with Crippen LogP contribution in [0.1, 0.15) is 67.5 Å². The smallest absolute Gasteiger partial charge is 0.408 e. The molecule has 1 aliphatic carbocycles. The molecule has 1 aliphatic rings. The number of carbonyl (C=O) groups excluding carboxylic acids is 3. The first-order valence-corrected chi connectivity index (χ1v) is 13.3. The molecule has 37 heavy (non-hydrogen) atoms. The van der Waals surface area contributed by atoms with Gasteiger partial charge in [0.25, 0.3) is 5.91 Å².